The van der Waals surface area contributed by atoms with E-state index in [1.165, 1.54) is 5.56 Å². The number of rotatable bonds is 8. The van der Waals surface area contributed by atoms with Crippen LogP contribution in [0.4, 0.5) is 0 Å². The second-order valence-electron chi connectivity index (χ2n) is 7.59. The highest BCUT2D eigenvalue weighted by atomic mass is 127. The molecule has 0 amide bonds. The Labute approximate surface area is 205 Å². The molecule has 2 heterocycles. The van der Waals surface area contributed by atoms with E-state index in [1.54, 1.807) is 11.3 Å². The van der Waals surface area contributed by atoms with Crippen molar-refractivity contribution in [2.75, 3.05) is 13.1 Å². The van der Waals surface area contributed by atoms with Crippen molar-refractivity contribution < 1.29 is 5.11 Å². The van der Waals surface area contributed by atoms with E-state index in [0.29, 0.717) is 19.0 Å². The van der Waals surface area contributed by atoms with Gasteiger partial charge in [0.15, 0.2) is 5.96 Å². The normalized spacial score (nSPS) is 13.4. The van der Waals surface area contributed by atoms with E-state index in [1.807, 2.05) is 61.2 Å². The number of hydrogen-bond donors (Lipinski definition) is 3. The first-order chi connectivity index (χ1) is 14.4. The van der Waals surface area contributed by atoms with Gasteiger partial charge in [-0.3, -0.25) is 4.68 Å². The molecule has 2 aromatic heterocycles. The van der Waals surface area contributed by atoms with Crippen LogP contribution in [0, 0.1) is 13.8 Å². The fraction of sp³-hybridized carbons (Fsp3) is 0.391. The minimum atomic E-state index is -0.948. The van der Waals surface area contributed by atoms with Gasteiger partial charge in [0.25, 0.3) is 0 Å². The van der Waals surface area contributed by atoms with Crippen molar-refractivity contribution in [2.24, 2.45) is 4.99 Å². The lowest BCUT2D eigenvalue weighted by Crippen LogP contribution is -2.44. The van der Waals surface area contributed by atoms with Crippen molar-refractivity contribution in [3.63, 3.8) is 0 Å². The Balaban J connectivity index is 0.00000341. The number of guanidine groups is 1. The molecule has 0 aliphatic carbocycles. The summed E-state index contributed by atoms with van der Waals surface area (Å²) < 4.78 is 2.04. The molecule has 3 rings (SSSR count). The number of nitrogens with one attached hydrogen (secondary N) is 2. The first-order valence-electron chi connectivity index (χ1n) is 10.3. The van der Waals surface area contributed by atoms with Gasteiger partial charge in [-0.05, 0) is 44.7 Å². The van der Waals surface area contributed by atoms with E-state index in [2.05, 4.69) is 29.7 Å². The summed E-state index contributed by atoms with van der Waals surface area (Å²) in [5, 5.41) is 24.0. The number of benzene rings is 1. The number of aliphatic imine (C=N–C) groups is 1. The van der Waals surface area contributed by atoms with Gasteiger partial charge in [0.05, 0.1) is 25.3 Å². The number of aryl methyl sites for hydroxylation is 1. The van der Waals surface area contributed by atoms with Gasteiger partial charge >= 0.3 is 0 Å². The molecule has 0 saturated heterocycles. The Morgan fingerprint density at radius 3 is 2.55 bits per heavy atom. The molecule has 0 radical (unpaired) electrons. The fourth-order valence-electron chi connectivity index (χ4n) is 3.30. The number of halogens is 1. The minimum Gasteiger partial charge on any atom is -0.383 e. The first kappa shape index (κ1) is 25.4. The number of hydrogen-bond acceptors (Lipinski definition) is 4. The summed E-state index contributed by atoms with van der Waals surface area (Å²) >= 11 is 1.55. The zero-order chi connectivity index (χ0) is 21.6. The Bertz CT molecular complexity index is 968. The summed E-state index contributed by atoms with van der Waals surface area (Å²) in [5.74, 6) is 0.684. The van der Waals surface area contributed by atoms with Gasteiger partial charge in [0, 0.05) is 22.7 Å². The summed E-state index contributed by atoms with van der Waals surface area (Å²) in [6.45, 7) is 10.4. The van der Waals surface area contributed by atoms with Crippen LogP contribution < -0.4 is 10.6 Å². The summed E-state index contributed by atoms with van der Waals surface area (Å²) in [6.07, 6.45) is 0. The predicted octanol–water partition coefficient (Wildman–Crippen LogP) is 4.19. The van der Waals surface area contributed by atoms with Crippen molar-refractivity contribution >= 4 is 41.3 Å². The SMILES string of the molecule is CCNC(=NCc1c(C)nn(Cc2ccccc2)c1C)NCC(C)(O)c1cccs1.I. The van der Waals surface area contributed by atoms with Crippen LogP contribution in [0.1, 0.15) is 41.2 Å². The number of nitrogens with zero attached hydrogens (tertiary/aromatic N) is 3. The third-order valence-electron chi connectivity index (χ3n) is 5.10. The topological polar surface area (TPSA) is 74.5 Å². The molecule has 6 nitrogen and oxygen atoms in total. The van der Waals surface area contributed by atoms with Crippen LogP contribution in [-0.4, -0.2) is 33.9 Å². The molecule has 3 aromatic rings. The Kier molecular flexibility index (Phi) is 9.52. The fourth-order valence-corrected chi connectivity index (χ4v) is 4.09. The van der Waals surface area contributed by atoms with Gasteiger partial charge in [-0.1, -0.05) is 36.4 Å². The van der Waals surface area contributed by atoms with Gasteiger partial charge < -0.3 is 15.7 Å². The molecule has 0 spiro atoms. The van der Waals surface area contributed by atoms with Gasteiger partial charge in [0.2, 0.25) is 0 Å². The summed E-state index contributed by atoms with van der Waals surface area (Å²) in [7, 11) is 0. The highest BCUT2D eigenvalue weighted by molar-refractivity contribution is 14.0. The van der Waals surface area contributed by atoms with Crippen LogP contribution in [0.25, 0.3) is 0 Å². The molecule has 1 unspecified atom stereocenters. The highest BCUT2D eigenvalue weighted by Gasteiger charge is 2.24. The predicted molar refractivity (Wildman–Crippen MR) is 139 cm³/mol. The molecule has 1 atom stereocenters. The molecule has 0 fully saturated rings. The quantitative estimate of drug-likeness (QED) is 0.222. The molecular weight excluding hydrogens is 521 g/mol. The van der Waals surface area contributed by atoms with E-state index < -0.39 is 5.60 Å². The van der Waals surface area contributed by atoms with Gasteiger partial charge in [-0.25, -0.2) is 4.99 Å². The van der Waals surface area contributed by atoms with Gasteiger partial charge in [-0.2, -0.15) is 5.10 Å². The maximum atomic E-state index is 10.8. The van der Waals surface area contributed by atoms with Crippen molar-refractivity contribution in [3.8, 4) is 0 Å². The largest absolute Gasteiger partial charge is 0.383 e. The lowest BCUT2D eigenvalue weighted by molar-refractivity contribution is 0.0655. The van der Waals surface area contributed by atoms with E-state index in [0.717, 1.165) is 34.9 Å². The molecular formula is C23H32IN5OS. The van der Waals surface area contributed by atoms with Gasteiger partial charge in [-0.15, -0.1) is 35.3 Å². The molecule has 0 saturated carbocycles. The molecule has 3 N–H and O–H groups in total. The van der Waals surface area contributed by atoms with Crippen LogP contribution >= 0.6 is 35.3 Å². The van der Waals surface area contributed by atoms with Crippen molar-refractivity contribution in [1.29, 1.82) is 0 Å². The number of aliphatic hydroxyl groups is 1. The van der Waals surface area contributed by atoms with Crippen LogP contribution in [0.2, 0.25) is 0 Å². The van der Waals surface area contributed by atoms with Crippen LogP contribution in [-0.2, 0) is 18.7 Å². The minimum absolute atomic E-state index is 0. The summed E-state index contributed by atoms with van der Waals surface area (Å²) in [6, 6.07) is 14.2. The summed E-state index contributed by atoms with van der Waals surface area (Å²) in [4.78, 5) is 5.67. The lowest BCUT2D eigenvalue weighted by atomic mass is 10.1. The zero-order valence-electron chi connectivity index (χ0n) is 18.6. The molecule has 8 heteroatoms. The molecule has 1 aromatic carbocycles. The third-order valence-corrected chi connectivity index (χ3v) is 6.22. The number of aromatic nitrogens is 2. The maximum absolute atomic E-state index is 10.8. The number of thiophene rings is 1. The standard InChI is InChI=1S/C23H31N5OS.HI/c1-5-24-22(26-16-23(4,29)21-12-9-13-30-21)25-14-20-17(2)27-28(18(20)3)15-19-10-7-6-8-11-19;/h6-13,29H,5,14-16H2,1-4H3,(H2,24,25,26);1H. The van der Waals surface area contributed by atoms with Gasteiger partial charge in [0.1, 0.15) is 5.60 Å². The monoisotopic (exact) mass is 553 g/mol. The molecule has 168 valence electrons. The van der Waals surface area contributed by atoms with E-state index in [4.69, 9.17) is 10.1 Å². The van der Waals surface area contributed by atoms with Crippen LogP contribution in [0.5, 0.6) is 0 Å². The first-order valence-corrected chi connectivity index (χ1v) is 11.1. The maximum Gasteiger partial charge on any atom is 0.191 e. The lowest BCUT2D eigenvalue weighted by Gasteiger charge is -2.23. The second kappa shape index (κ2) is 11.6. The van der Waals surface area contributed by atoms with Crippen LogP contribution in [0.15, 0.2) is 52.8 Å². The highest BCUT2D eigenvalue weighted by Crippen LogP contribution is 2.24. The molecule has 0 bridgehead atoms. The average Bonchev–Trinajstić information content (AvgIpc) is 3.35. The van der Waals surface area contributed by atoms with Crippen molar-refractivity contribution in [3.05, 3.63) is 75.2 Å². The van der Waals surface area contributed by atoms with Crippen molar-refractivity contribution in [1.82, 2.24) is 20.4 Å². The Hall–Kier alpha value is -1.91. The molecule has 31 heavy (non-hydrogen) atoms. The van der Waals surface area contributed by atoms with Crippen molar-refractivity contribution in [2.45, 2.75) is 46.4 Å². The smallest absolute Gasteiger partial charge is 0.191 e. The zero-order valence-corrected chi connectivity index (χ0v) is 21.7. The summed E-state index contributed by atoms with van der Waals surface area (Å²) in [5.41, 5.74) is 3.53. The van der Waals surface area contributed by atoms with Crippen LogP contribution in [0.3, 0.4) is 0 Å². The van der Waals surface area contributed by atoms with E-state index >= 15 is 0 Å². The molecule has 0 aliphatic heterocycles. The Morgan fingerprint density at radius 2 is 1.90 bits per heavy atom. The van der Waals surface area contributed by atoms with E-state index in [-0.39, 0.29) is 24.0 Å². The third kappa shape index (κ3) is 6.78. The second-order valence-corrected chi connectivity index (χ2v) is 8.54. The Morgan fingerprint density at radius 1 is 1.16 bits per heavy atom. The molecule has 0 aliphatic rings. The average molecular weight is 554 g/mol. The van der Waals surface area contributed by atoms with E-state index in [9.17, 15) is 5.11 Å².